The van der Waals surface area contributed by atoms with Gasteiger partial charge >= 0.3 is 0 Å². The molecule has 0 amide bonds. The first-order valence-corrected chi connectivity index (χ1v) is 11.4. The number of hydrogen-bond donors (Lipinski definition) is 1. The van der Waals surface area contributed by atoms with Gasteiger partial charge in [-0.05, 0) is 62.6 Å². The molecule has 0 radical (unpaired) electrons. The molecule has 2 aliphatic rings. The average molecular weight is 432 g/mol. The van der Waals surface area contributed by atoms with Crippen LogP contribution in [-0.2, 0) is 6.54 Å². The number of hydrogen-bond acceptors (Lipinski definition) is 4. The van der Waals surface area contributed by atoms with Crippen molar-refractivity contribution in [2.45, 2.75) is 50.8 Å². The van der Waals surface area contributed by atoms with Crippen molar-refractivity contribution < 1.29 is 13.9 Å². The number of rotatable bonds is 5. The highest BCUT2D eigenvalue weighted by atomic mass is 32.2. The lowest BCUT2D eigenvalue weighted by Crippen LogP contribution is -2.48. The monoisotopic (exact) mass is 431 g/mol. The maximum Gasteiger partial charge on any atom is 0.123 e. The van der Waals surface area contributed by atoms with Gasteiger partial charge in [-0.1, -0.05) is 6.42 Å². The van der Waals surface area contributed by atoms with Gasteiger partial charge in [0.25, 0.3) is 0 Å². The van der Waals surface area contributed by atoms with Gasteiger partial charge in [0, 0.05) is 59.6 Å². The van der Waals surface area contributed by atoms with Crippen LogP contribution in [0.1, 0.15) is 32.6 Å². The number of halogens is 2. The van der Waals surface area contributed by atoms with Gasteiger partial charge in [0.15, 0.2) is 0 Å². The predicted molar refractivity (Wildman–Crippen MR) is 118 cm³/mol. The van der Waals surface area contributed by atoms with E-state index in [1.54, 1.807) is 24.3 Å². The Morgan fingerprint density at radius 1 is 0.967 bits per heavy atom. The van der Waals surface area contributed by atoms with Crippen LogP contribution in [0.5, 0.6) is 0 Å². The van der Waals surface area contributed by atoms with Crippen molar-refractivity contribution in [2.75, 3.05) is 19.6 Å². The molecule has 4 nitrogen and oxygen atoms in total. The van der Waals surface area contributed by atoms with Gasteiger partial charge in [-0.2, -0.15) is 0 Å². The van der Waals surface area contributed by atoms with Crippen molar-refractivity contribution in [3.8, 4) is 0 Å². The lowest BCUT2D eigenvalue weighted by Gasteiger charge is -2.43. The van der Waals surface area contributed by atoms with E-state index in [-0.39, 0.29) is 11.6 Å². The fourth-order valence-electron chi connectivity index (χ4n) is 4.65. The minimum absolute atomic E-state index is 0.349. The van der Waals surface area contributed by atoms with Crippen LogP contribution in [0.15, 0.2) is 36.4 Å². The Labute approximate surface area is 179 Å². The summed E-state index contributed by atoms with van der Waals surface area (Å²) in [6.07, 6.45) is 4.96. The summed E-state index contributed by atoms with van der Waals surface area (Å²) < 4.78 is 34.5. The fourth-order valence-corrected chi connectivity index (χ4v) is 6.05. The zero-order valence-corrected chi connectivity index (χ0v) is 18.0. The zero-order valence-electron chi connectivity index (χ0n) is 17.2. The zero-order chi connectivity index (χ0) is 20.9. The Bertz CT molecular complexity index is 1020. The first-order valence-electron chi connectivity index (χ1n) is 10.7. The second-order valence-corrected chi connectivity index (χ2v) is 10.1. The lowest BCUT2D eigenvalue weighted by molar-refractivity contribution is 0.0247. The summed E-state index contributed by atoms with van der Waals surface area (Å²) >= 11 is 1.76. The predicted octanol–water partition coefficient (Wildman–Crippen LogP) is 4.95. The molecule has 1 saturated heterocycles. The number of benzene rings is 2. The van der Waals surface area contributed by atoms with Crippen LogP contribution in [0.25, 0.3) is 21.8 Å². The Morgan fingerprint density at radius 2 is 1.60 bits per heavy atom. The molecule has 2 heterocycles. The van der Waals surface area contributed by atoms with Gasteiger partial charge < -0.3 is 9.67 Å². The molecular weight excluding hydrogens is 404 g/mol. The standard InChI is InChI=1S/C23H27F2N3OS/c1-23(29,14-26-10-3-11-28(30-26)18-4-2-5-18)15-27-21-8-6-16(24)12-19(21)20-13-17(25)7-9-22(20)27/h6-9,12-13,18,29H,2-5,10-11,14-15H2,1H3. The Hall–Kier alpha value is -1.67. The van der Waals surface area contributed by atoms with E-state index in [1.807, 2.05) is 11.5 Å². The molecule has 1 unspecified atom stereocenters. The van der Waals surface area contributed by atoms with Gasteiger partial charge in [0.1, 0.15) is 11.6 Å². The topological polar surface area (TPSA) is 31.6 Å². The second-order valence-electron chi connectivity index (χ2n) is 8.93. The van der Waals surface area contributed by atoms with Gasteiger partial charge in [-0.15, -0.1) is 0 Å². The van der Waals surface area contributed by atoms with E-state index >= 15 is 0 Å². The highest BCUT2D eigenvalue weighted by Gasteiger charge is 2.33. The van der Waals surface area contributed by atoms with Crippen LogP contribution >= 0.6 is 12.1 Å². The molecule has 1 saturated carbocycles. The molecule has 2 fully saturated rings. The van der Waals surface area contributed by atoms with E-state index in [2.05, 4.69) is 8.61 Å². The lowest BCUT2D eigenvalue weighted by atomic mass is 9.93. The van der Waals surface area contributed by atoms with Crippen molar-refractivity contribution in [3.63, 3.8) is 0 Å². The molecule has 7 heteroatoms. The third-order valence-corrected chi connectivity index (χ3v) is 7.53. The number of β-amino-alcohol motifs (C(OH)–C–C–N with tert-alkyl or cyclic N) is 1. The summed E-state index contributed by atoms with van der Waals surface area (Å²) in [5.74, 6) is -0.697. The Kier molecular flexibility index (Phi) is 5.25. The van der Waals surface area contributed by atoms with Crippen LogP contribution in [0.4, 0.5) is 8.78 Å². The smallest absolute Gasteiger partial charge is 0.123 e. The van der Waals surface area contributed by atoms with Crippen molar-refractivity contribution in [3.05, 3.63) is 48.0 Å². The second kappa shape index (κ2) is 7.79. The molecule has 0 bridgehead atoms. The number of fused-ring (bicyclic) bond motifs is 3. The van der Waals surface area contributed by atoms with Crippen LogP contribution in [-0.4, -0.2) is 49.6 Å². The number of aliphatic hydroxyl groups is 1. The molecule has 30 heavy (non-hydrogen) atoms. The van der Waals surface area contributed by atoms with E-state index < -0.39 is 5.60 Å². The molecule has 5 rings (SSSR count). The molecule has 1 aliphatic heterocycles. The molecule has 1 aromatic heterocycles. The summed E-state index contributed by atoms with van der Waals surface area (Å²) in [7, 11) is 0. The normalized spacial score (nSPS) is 21.2. The molecule has 2 aromatic carbocycles. The van der Waals surface area contributed by atoms with Crippen molar-refractivity contribution in [1.29, 1.82) is 0 Å². The molecule has 1 aliphatic carbocycles. The maximum absolute atomic E-state index is 13.9. The molecule has 0 spiro atoms. The number of nitrogens with zero attached hydrogens (tertiary/aromatic N) is 3. The molecule has 3 aromatic rings. The highest BCUT2D eigenvalue weighted by molar-refractivity contribution is 7.94. The van der Waals surface area contributed by atoms with Gasteiger partial charge in [-0.25, -0.2) is 17.4 Å². The third kappa shape index (κ3) is 3.84. The van der Waals surface area contributed by atoms with E-state index in [0.29, 0.717) is 29.9 Å². The summed E-state index contributed by atoms with van der Waals surface area (Å²) in [4.78, 5) is 0. The van der Waals surface area contributed by atoms with Crippen molar-refractivity contribution in [1.82, 2.24) is 13.2 Å². The van der Waals surface area contributed by atoms with Gasteiger partial charge in [-0.3, -0.25) is 0 Å². The molecular formula is C23H27F2N3OS. The highest BCUT2D eigenvalue weighted by Crippen LogP contribution is 2.36. The van der Waals surface area contributed by atoms with Crippen LogP contribution in [0, 0.1) is 11.6 Å². The van der Waals surface area contributed by atoms with Crippen molar-refractivity contribution >= 4 is 33.9 Å². The maximum atomic E-state index is 13.9. The summed E-state index contributed by atoms with van der Waals surface area (Å²) in [6.45, 7) is 4.79. The average Bonchev–Trinajstić information content (AvgIpc) is 2.92. The summed E-state index contributed by atoms with van der Waals surface area (Å²) in [5, 5.41) is 12.7. The first-order chi connectivity index (χ1) is 14.4. The summed E-state index contributed by atoms with van der Waals surface area (Å²) in [6, 6.07) is 9.82. The largest absolute Gasteiger partial charge is 0.387 e. The Balaban J connectivity index is 1.42. The van der Waals surface area contributed by atoms with Crippen LogP contribution < -0.4 is 0 Å². The minimum Gasteiger partial charge on any atom is -0.387 e. The fraction of sp³-hybridized carbons (Fsp3) is 0.478. The van der Waals surface area contributed by atoms with E-state index in [1.165, 1.54) is 43.5 Å². The van der Waals surface area contributed by atoms with Crippen molar-refractivity contribution in [2.24, 2.45) is 0 Å². The SMILES string of the molecule is CC(O)(CN1CCCN(C2CCC2)S1)Cn1c2ccc(F)cc2c2cc(F)ccc21. The van der Waals surface area contributed by atoms with Gasteiger partial charge in [0.2, 0.25) is 0 Å². The van der Waals surface area contributed by atoms with Crippen LogP contribution in [0.2, 0.25) is 0 Å². The third-order valence-electron chi connectivity index (χ3n) is 6.29. The minimum atomic E-state index is -0.989. The van der Waals surface area contributed by atoms with Gasteiger partial charge in [0.05, 0.1) is 12.1 Å². The summed E-state index contributed by atoms with van der Waals surface area (Å²) in [5.41, 5.74) is 0.622. The Morgan fingerprint density at radius 3 is 2.17 bits per heavy atom. The molecule has 1 atom stereocenters. The molecule has 160 valence electrons. The van der Waals surface area contributed by atoms with Crippen LogP contribution in [0.3, 0.4) is 0 Å². The first kappa shape index (κ1) is 20.2. The van der Waals surface area contributed by atoms with E-state index in [9.17, 15) is 13.9 Å². The van der Waals surface area contributed by atoms with E-state index in [4.69, 9.17) is 0 Å². The molecule has 1 N–H and O–H groups in total. The van der Waals surface area contributed by atoms with E-state index in [0.717, 1.165) is 30.5 Å². The quantitative estimate of drug-likeness (QED) is 0.580. The number of aromatic nitrogens is 1.